The Balaban J connectivity index is 1.76. The number of hydrogen-bond acceptors (Lipinski definition) is 3. The second kappa shape index (κ2) is 6.55. The van der Waals surface area contributed by atoms with Gasteiger partial charge >= 0.3 is 18.6 Å². The van der Waals surface area contributed by atoms with Gasteiger partial charge in [-0.2, -0.15) is 8.78 Å². The summed E-state index contributed by atoms with van der Waals surface area (Å²) in [4.78, 5) is 25.0. The van der Waals surface area contributed by atoms with Crippen molar-refractivity contribution >= 4 is 12.0 Å². The zero-order valence-corrected chi connectivity index (χ0v) is 11.7. The van der Waals surface area contributed by atoms with Crippen LogP contribution in [0.4, 0.5) is 13.6 Å². The fourth-order valence-corrected chi connectivity index (χ4v) is 3.35. The van der Waals surface area contributed by atoms with Crippen molar-refractivity contribution in [2.24, 2.45) is 11.3 Å². The molecule has 21 heavy (non-hydrogen) atoms. The number of hydrogen-bond donors (Lipinski definition) is 2. The predicted molar refractivity (Wildman–Crippen MR) is 69.0 cm³/mol. The zero-order chi connectivity index (χ0) is 15.5. The standard InChI is InChI=1S/C13H20F2N2O4/c14-11(15)21-6-2-5-16-12(20)17-7-9-3-1-4-13(9,8-17)10(18)19/h9,11H,1-8H2,(H,16,20)(H,18,19)/t9-,13+/m0/s1. The molecule has 2 amide bonds. The second-order valence-electron chi connectivity index (χ2n) is 5.65. The van der Waals surface area contributed by atoms with E-state index in [0.717, 1.165) is 12.8 Å². The Morgan fingerprint density at radius 1 is 1.48 bits per heavy atom. The Hall–Kier alpha value is -1.44. The number of amides is 2. The van der Waals surface area contributed by atoms with Gasteiger partial charge in [0.25, 0.3) is 0 Å². The number of alkyl halides is 2. The fraction of sp³-hybridized carbons (Fsp3) is 0.846. The van der Waals surface area contributed by atoms with Gasteiger partial charge in [0.15, 0.2) is 0 Å². The third-order valence-corrected chi connectivity index (χ3v) is 4.43. The van der Waals surface area contributed by atoms with E-state index in [2.05, 4.69) is 10.1 Å². The van der Waals surface area contributed by atoms with Crippen molar-refractivity contribution < 1.29 is 28.2 Å². The lowest BCUT2D eigenvalue weighted by Crippen LogP contribution is -2.42. The molecule has 0 radical (unpaired) electrons. The van der Waals surface area contributed by atoms with E-state index in [4.69, 9.17) is 0 Å². The summed E-state index contributed by atoms with van der Waals surface area (Å²) in [5.74, 6) is -0.812. The lowest BCUT2D eigenvalue weighted by atomic mass is 9.81. The molecule has 2 N–H and O–H groups in total. The number of halogens is 2. The Kier molecular flexibility index (Phi) is 4.97. The molecule has 6 nitrogen and oxygen atoms in total. The molecule has 0 bridgehead atoms. The molecule has 2 aliphatic rings. The van der Waals surface area contributed by atoms with Gasteiger partial charge in [-0.1, -0.05) is 6.42 Å². The first kappa shape index (κ1) is 15.9. The molecule has 8 heteroatoms. The highest BCUT2D eigenvalue weighted by Gasteiger charge is 2.55. The molecule has 1 saturated carbocycles. The summed E-state index contributed by atoms with van der Waals surface area (Å²) in [6.07, 6.45) is 2.62. The Bertz CT molecular complexity index is 408. The average Bonchev–Trinajstić information content (AvgIpc) is 2.95. The SMILES string of the molecule is O=C(NCCCOC(F)F)N1C[C@@H]2CCC[C@@]2(C(=O)O)C1. The largest absolute Gasteiger partial charge is 0.481 e. The minimum absolute atomic E-state index is 0.0166. The van der Waals surface area contributed by atoms with Crippen LogP contribution in [0.1, 0.15) is 25.7 Å². The highest BCUT2D eigenvalue weighted by molar-refractivity contribution is 5.80. The number of ether oxygens (including phenoxy) is 1. The molecule has 1 saturated heterocycles. The molecule has 0 aromatic rings. The number of likely N-dealkylation sites (tertiary alicyclic amines) is 1. The molecule has 0 unspecified atom stereocenters. The van der Waals surface area contributed by atoms with E-state index < -0.39 is 18.0 Å². The second-order valence-corrected chi connectivity index (χ2v) is 5.65. The van der Waals surface area contributed by atoms with Gasteiger partial charge in [0, 0.05) is 19.6 Å². The van der Waals surface area contributed by atoms with Crippen molar-refractivity contribution in [1.82, 2.24) is 10.2 Å². The molecule has 1 aliphatic heterocycles. The lowest BCUT2D eigenvalue weighted by Gasteiger charge is -2.23. The summed E-state index contributed by atoms with van der Waals surface area (Å²) < 4.78 is 27.6. The number of nitrogens with one attached hydrogen (secondary N) is 1. The number of aliphatic carboxylic acids is 1. The van der Waals surface area contributed by atoms with E-state index in [1.807, 2.05) is 0 Å². The molecule has 0 aromatic carbocycles. The Morgan fingerprint density at radius 2 is 2.24 bits per heavy atom. The van der Waals surface area contributed by atoms with Crippen LogP contribution in [0.5, 0.6) is 0 Å². The third kappa shape index (κ3) is 3.42. The first-order chi connectivity index (χ1) is 9.95. The number of carboxylic acid groups (broad SMARTS) is 1. The number of urea groups is 1. The summed E-state index contributed by atoms with van der Waals surface area (Å²) in [7, 11) is 0. The maximum atomic E-state index is 12.0. The number of fused-ring (bicyclic) bond motifs is 1. The number of carbonyl (C=O) groups is 2. The van der Waals surface area contributed by atoms with Gasteiger partial charge < -0.3 is 20.1 Å². The van der Waals surface area contributed by atoms with Crippen molar-refractivity contribution in [2.75, 3.05) is 26.2 Å². The zero-order valence-electron chi connectivity index (χ0n) is 11.7. The van der Waals surface area contributed by atoms with E-state index in [9.17, 15) is 23.5 Å². The van der Waals surface area contributed by atoms with Crippen molar-refractivity contribution in [3.05, 3.63) is 0 Å². The Morgan fingerprint density at radius 3 is 2.86 bits per heavy atom. The smallest absolute Gasteiger partial charge is 0.345 e. The Labute approximate surface area is 121 Å². The topological polar surface area (TPSA) is 78.9 Å². The highest BCUT2D eigenvalue weighted by atomic mass is 19.3. The molecule has 0 spiro atoms. The van der Waals surface area contributed by atoms with Crippen LogP contribution >= 0.6 is 0 Å². The van der Waals surface area contributed by atoms with E-state index in [1.54, 1.807) is 0 Å². The van der Waals surface area contributed by atoms with Crippen LogP contribution in [0.15, 0.2) is 0 Å². The van der Waals surface area contributed by atoms with Gasteiger partial charge in [-0.05, 0) is 25.2 Å². The molecule has 2 atom stereocenters. The van der Waals surface area contributed by atoms with E-state index in [-0.39, 0.29) is 38.1 Å². The summed E-state index contributed by atoms with van der Waals surface area (Å²) in [6, 6.07) is -0.331. The molecular formula is C13H20F2N2O4. The fourth-order valence-electron chi connectivity index (χ4n) is 3.35. The number of carboxylic acids is 1. The summed E-state index contributed by atoms with van der Waals surface area (Å²) in [6.45, 7) is -2.01. The van der Waals surface area contributed by atoms with Gasteiger partial charge in [0.05, 0.1) is 12.0 Å². The monoisotopic (exact) mass is 306 g/mol. The van der Waals surface area contributed by atoms with Gasteiger partial charge in [0.2, 0.25) is 0 Å². The first-order valence-corrected chi connectivity index (χ1v) is 7.11. The number of rotatable bonds is 6. The van der Waals surface area contributed by atoms with E-state index >= 15 is 0 Å². The van der Waals surface area contributed by atoms with Crippen molar-refractivity contribution in [2.45, 2.75) is 32.3 Å². The van der Waals surface area contributed by atoms with Crippen LogP contribution in [0.25, 0.3) is 0 Å². The van der Waals surface area contributed by atoms with Gasteiger partial charge in [-0.25, -0.2) is 4.79 Å². The number of carbonyl (C=O) groups excluding carboxylic acids is 1. The van der Waals surface area contributed by atoms with E-state index in [0.29, 0.717) is 13.0 Å². The van der Waals surface area contributed by atoms with Crippen LogP contribution in [0, 0.1) is 11.3 Å². The molecular weight excluding hydrogens is 286 g/mol. The third-order valence-electron chi connectivity index (χ3n) is 4.43. The minimum Gasteiger partial charge on any atom is -0.481 e. The van der Waals surface area contributed by atoms with Gasteiger partial charge in [-0.15, -0.1) is 0 Å². The normalized spacial score (nSPS) is 28.0. The van der Waals surface area contributed by atoms with Crippen LogP contribution in [0.2, 0.25) is 0 Å². The predicted octanol–water partition coefficient (Wildman–Crippen LogP) is 1.51. The summed E-state index contributed by atoms with van der Waals surface area (Å²) in [5, 5.41) is 12.0. The average molecular weight is 306 g/mol. The summed E-state index contributed by atoms with van der Waals surface area (Å²) in [5.41, 5.74) is -0.796. The van der Waals surface area contributed by atoms with Gasteiger partial charge in [0.1, 0.15) is 0 Å². The number of nitrogens with zero attached hydrogens (tertiary/aromatic N) is 1. The van der Waals surface area contributed by atoms with Gasteiger partial charge in [-0.3, -0.25) is 4.79 Å². The molecule has 2 rings (SSSR count). The van der Waals surface area contributed by atoms with Crippen molar-refractivity contribution in [3.63, 3.8) is 0 Å². The maximum absolute atomic E-state index is 12.0. The molecule has 2 fully saturated rings. The molecule has 0 aromatic heterocycles. The van der Waals surface area contributed by atoms with Crippen LogP contribution in [0.3, 0.4) is 0 Å². The lowest BCUT2D eigenvalue weighted by molar-refractivity contribution is -0.149. The molecule has 1 aliphatic carbocycles. The highest BCUT2D eigenvalue weighted by Crippen LogP contribution is 2.48. The van der Waals surface area contributed by atoms with Crippen LogP contribution in [-0.4, -0.2) is 54.9 Å². The summed E-state index contributed by atoms with van der Waals surface area (Å²) >= 11 is 0. The quantitative estimate of drug-likeness (QED) is 0.729. The molecule has 1 heterocycles. The van der Waals surface area contributed by atoms with E-state index in [1.165, 1.54) is 4.90 Å². The van der Waals surface area contributed by atoms with Crippen molar-refractivity contribution in [3.8, 4) is 0 Å². The van der Waals surface area contributed by atoms with Crippen LogP contribution < -0.4 is 5.32 Å². The van der Waals surface area contributed by atoms with Crippen LogP contribution in [-0.2, 0) is 9.53 Å². The minimum atomic E-state index is -2.80. The molecule has 120 valence electrons. The van der Waals surface area contributed by atoms with Crippen molar-refractivity contribution in [1.29, 1.82) is 0 Å². The maximum Gasteiger partial charge on any atom is 0.345 e. The first-order valence-electron chi connectivity index (χ1n) is 7.11.